The number of hydrogen-bond acceptors (Lipinski definition) is 3. The van der Waals surface area contributed by atoms with Crippen LogP contribution >= 0.6 is 11.6 Å². The van der Waals surface area contributed by atoms with Crippen LogP contribution in [-0.4, -0.2) is 25.5 Å². The average molecular weight is 310 g/mol. The monoisotopic (exact) mass is 309 g/mol. The van der Waals surface area contributed by atoms with Crippen molar-refractivity contribution in [1.82, 2.24) is 24.9 Å². The van der Waals surface area contributed by atoms with E-state index in [0.29, 0.717) is 18.1 Å². The van der Waals surface area contributed by atoms with Crippen LogP contribution in [0.4, 0.5) is 0 Å². The normalized spacial score (nSPS) is 12.4. The molecule has 1 atom stereocenters. The number of hydrogen-bond donors (Lipinski definition) is 1. The first-order chi connectivity index (χ1) is 9.88. The van der Waals surface area contributed by atoms with Gasteiger partial charge in [-0.3, -0.25) is 14.2 Å². The highest BCUT2D eigenvalue weighted by molar-refractivity contribution is 6.31. The molecule has 0 aliphatic carbocycles. The lowest BCUT2D eigenvalue weighted by Gasteiger charge is -2.13. The molecule has 2 rings (SSSR count). The molecule has 0 aliphatic heterocycles. The summed E-state index contributed by atoms with van der Waals surface area (Å²) in [6.07, 6.45) is 1.85. The zero-order valence-corrected chi connectivity index (χ0v) is 13.5. The number of aryl methyl sites for hydroxylation is 2. The van der Waals surface area contributed by atoms with Gasteiger partial charge in [0.25, 0.3) is 0 Å². The standard InChI is InChI=1S/C14H20ClN5O/c1-9(8-20-11(3)13(15)10(2)17-20)14(21)16-7-12-5-6-19(4)18-12/h5-6,9H,7-8H2,1-4H3,(H,16,21). The predicted octanol–water partition coefficient (Wildman–Crippen LogP) is 1.84. The summed E-state index contributed by atoms with van der Waals surface area (Å²) in [4.78, 5) is 12.1. The lowest BCUT2D eigenvalue weighted by molar-refractivity contribution is -0.125. The SMILES string of the molecule is Cc1nn(CC(C)C(=O)NCc2ccn(C)n2)c(C)c1Cl. The Labute approximate surface area is 129 Å². The molecule has 2 aromatic heterocycles. The maximum Gasteiger partial charge on any atom is 0.225 e. The fourth-order valence-electron chi connectivity index (χ4n) is 2.10. The van der Waals surface area contributed by atoms with Gasteiger partial charge in [-0.2, -0.15) is 10.2 Å². The number of carbonyl (C=O) groups excluding carboxylic acids is 1. The quantitative estimate of drug-likeness (QED) is 0.916. The molecule has 1 amide bonds. The van der Waals surface area contributed by atoms with Crippen LogP contribution in [0.15, 0.2) is 12.3 Å². The summed E-state index contributed by atoms with van der Waals surface area (Å²) in [5.74, 6) is -0.216. The fraction of sp³-hybridized carbons (Fsp3) is 0.500. The zero-order chi connectivity index (χ0) is 15.6. The minimum atomic E-state index is -0.192. The molecule has 0 radical (unpaired) electrons. The molecule has 0 bridgehead atoms. The second-order valence-corrected chi connectivity index (χ2v) is 5.64. The molecule has 6 nitrogen and oxygen atoms in total. The highest BCUT2D eigenvalue weighted by atomic mass is 35.5. The van der Waals surface area contributed by atoms with Gasteiger partial charge in [-0.05, 0) is 19.9 Å². The van der Waals surface area contributed by atoms with Crippen molar-refractivity contribution in [3.63, 3.8) is 0 Å². The van der Waals surface area contributed by atoms with Crippen LogP contribution in [0.5, 0.6) is 0 Å². The maximum absolute atomic E-state index is 12.1. The molecule has 0 spiro atoms. The Balaban J connectivity index is 1.91. The van der Waals surface area contributed by atoms with E-state index in [4.69, 9.17) is 11.6 Å². The van der Waals surface area contributed by atoms with Crippen LogP contribution in [0.3, 0.4) is 0 Å². The lowest BCUT2D eigenvalue weighted by Crippen LogP contribution is -2.31. The van der Waals surface area contributed by atoms with E-state index in [1.54, 1.807) is 9.36 Å². The van der Waals surface area contributed by atoms with Crippen molar-refractivity contribution in [3.8, 4) is 0 Å². The van der Waals surface area contributed by atoms with Gasteiger partial charge in [0.05, 0.1) is 41.1 Å². The molecule has 0 saturated carbocycles. The minimum absolute atomic E-state index is 0.0238. The molecular formula is C14H20ClN5O. The Bertz CT molecular complexity index is 646. The van der Waals surface area contributed by atoms with E-state index in [0.717, 1.165) is 17.1 Å². The predicted molar refractivity (Wildman–Crippen MR) is 80.9 cm³/mol. The van der Waals surface area contributed by atoms with Crippen LogP contribution in [0.2, 0.25) is 5.02 Å². The molecule has 0 saturated heterocycles. The van der Waals surface area contributed by atoms with Gasteiger partial charge in [-0.15, -0.1) is 0 Å². The van der Waals surface area contributed by atoms with Crippen molar-refractivity contribution in [2.75, 3.05) is 0 Å². The van der Waals surface area contributed by atoms with Crippen molar-refractivity contribution in [3.05, 3.63) is 34.4 Å². The number of nitrogens with zero attached hydrogens (tertiary/aromatic N) is 4. The number of aromatic nitrogens is 4. The van der Waals surface area contributed by atoms with E-state index in [1.165, 1.54) is 0 Å². The summed E-state index contributed by atoms with van der Waals surface area (Å²) in [5.41, 5.74) is 2.51. The number of halogens is 1. The van der Waals surface area contributed by atoms with Crippen molar-refractivity contribution in [2.24, 2.45) is 13.0 Å². The van der Waals surface area contributed by atoms with Gasteiger partial charge in [-0.1, -0.05) is 18.5 Å². The number of nitrogens with one attached hydrogen (secondary N) is 1. The largest absolute Gasteiger partial charge is 0.350 e. The van der Waals surface area contributed by atoms with Crippen LogP contribution in [-0.2, 0) is 24.9 Å². The molecule has 21 heavy (non-hydrogen) atoms. The lowest BCUT2D eigenvalue weighted by atomic mass is 10.1. The Kier molecular flexibility index (Phi) is 4.67. The summed E-state index contributed by atoms with van der Waals surface area (Å²) in [5, 5.41) is 12.1. The van der Waals surface area contributed by atoms with Crippen molar-refractivity contribution in [2.45, 2.75) is 33.9 Å². The van der Waals surface area contributed by atoms with Gasteiger partial charge < -0.3 is 5.32 Å². The Morgan fingerprint density at radius 3 is 2.67 bits per heavy atom. The Hall–Kier alpha value is -1.82. The average Bonchev–Trinajstić information content (AvgIpc) is 2.96. The molecular weight excluding hydrogens is 290 g/mol. The topological polar surface area (TPSA) is 64.7 Å². The molecule has 2 aromatic rings. The molecule has 7 heteroatoms. The van der Waals surface area contributed by atoms with Crippen LogP contribution in [0.25, 0.3) is 0 Å². The van der Waals surface area contributed by atoms with E-state index in [1.807, 2.05) is 40.1 Å². The summed E-state index contributed by atoms with van der Waals surface area (Å²) >= 11 is 6.11. The zero-order valence-electron chi connectivity index (χ0n) is 12.7. The third-order valence-electron chi connectivity index (χ3n) is 3.40. The van der Waals surface area contributed by atoms with Crippen LogP contribution in [0.1, 0.15) is 24.0 Å². The maximum atomic E-state index is 12.1. The third kappa shape index (κ3) is 3.64. The number of rotatable bonds is 5. The van der Waals surface area contributed by atoms with Crippen molar-refractivity contribution < 1.29 is 4.79 Å². The first-order valence-corrected chi connectivity index (χ1v) is 7.22. The molecule has 2 heterocycles. The van der Waals surface area contributed by atoms with Crippen LogP contribution < -0.4 is 5.32 Å². The van der Waals surface area contributed by atoms with Crippen molar-refractivity contribution >= 4 is 17.5 Å². The highest BCUT2D eigenvalue weighted by Crippen LogP contribution is 2.19. The highest BCUT2D eigenvalue weighted by Gasteiger charge is 2.17. The molecule has 0 aliphatic rings. The second kappa shape index (κ2) is 6.30. The molecule has 1 N–H and O–H groups in total. The summed E-state index contributed by atoms with van der Waals surface area (Å²) in [6.45, 7) is 6.58. The number of amides is 1. The molecule has 1 unspecified atom stereocenters. The van der Waals surface area contributed by atoms with Gasteiger partial charge in [0.15, 0.2) is 0 Å². The van der Waals surface area contributed by atoms with Gasteiger partial charge in [-0.25, -0.2) is 0 Å². The number of carbonyl (C=O) groups is 1. The minimum Gasteiger partial charge on any atom is -0.350 e. The molecule has 114 valence electrons. The first kappa shape index (κ1) is 15.6. The van der Waals surface area contributed by atoms with E-state index in [-0.39, 0.29) is 11.8 Å². The van der Waals surface area contributed by atoms with Crippen LogP contribution in [0, 0.1) is 19.8 Å². The Morgan fingerprint density at radius 1 is 1.43 bits per heavy atom. The third-order valence-corrected chi connectivity index (χ3v) is 3.95. The first-order valence-electron chi connectivity index (χ1n) is 6.84. The summed E-state index contributed by atoms with van der Waals surface area (Å²) < 4.78 is 3.49. The van der Waals surface area contributed by atoms with Gasteiger partial charge >= 0.3 is 0 Å². The van der Waals surface area contributed by atoms with Gasteiger partial charge in [0.2, 0.25) is 5.91 Å². The second-order valence-electron chi connectivity index (χ2n) is 5.27. The van der Waals surface area contributed by atoms with Crippen molar-refractivity contribution in [1.29, 1.82) is 0 Å². The molecule has 0 fully saturated rings. The van der Waals surface area contributed by atoms with E-state index in [9.17, 15) is 4.79 Å². The van der Waals surface area contributed by atoms with E-state index < -0.39 is 0 Å². The summed E-state index contributed by atoms with van der Waals surface area (Å²) in [7, 11) is 1.85. The smallest absolute Gasteiger partial charge is 0.225 e. The molecule has 0 aromatic carbocycles. The fourth-order valence-corrected chi connectivity index (χ4v) is 2.24. The Morgan fingerprint density at radius 2 is 2.14 bits per heavy atom. The summed E-state index contributed by atoms with van der Waals surface area (Å²) in [6, 6.07) is 1.88. The van der Waals surface area contributed by atoms with Gasteiger partial charge in [0, 0.05) is 13.2 Å². The van der Waals surface area contributed by atoms with Gasteiger partial charge in [0.1, 0.15) is 0 Å². The van der Waals surface area contributed by atoms with E-state index in [2.05, 4.69) is 15.5 Å². The van der Waals surface area contributed by atoms with E-state index >= 15 is 0 Å².